The van der Waals surface area contributed by atoms with Crippen LogP contribution in [0.5, 0.6) is 0 Å². The van der Waals surface area contributed by atoms with Crippen LogP contribution in [-0.4, -0.2) is 5.97 Å². The Labute approximate surface area is 96.6 Å². The predicted octanol–water partition coefficient (Wildman–Crippen LogP) is 1.73. The molecule has 0 saturated carbocycles. The first-order chi connectivity index (χ1) is 5.63. The number of rotatable bonds is 6. The summed E-state index contributed by atoms with van der Waals surface area (Å²) in [5.41, 5.74) is -0.552. The van der Waals surface area contributed by atoms with Crippen molar-refractivity contribution in [1.29, 1.82) is 0 Å². The van der Waals surface area contributed by atoms with Crippen LogP contribution in [-0.2, 0) is 27.2 Å². The van der Waals surface area contributed by atoms with E-state index in [-0.39, 0.29) is 22.4 Å². The van der Waals surface area contributed by atoms with Gasteiger partial charge in [0.05, 0.1) is 0 Å². The summed E-state index contributed by atoms with van der Waals surface area (Å²) in [6, 6.07) is 0. The largest absolute Gasteiger partial charge is 1.00 e. The standard InChI is InChI=1S/C10H20O2.Ag/c1-4-7-10(6-3,8-5-2)9(11)12;/h4-8H2,1-3H3,(H,11,12);/q;+1/p-1. The first-order valence-corrected chi connectivity index (χ1v) is 4.84. The van der Waals surface area contributed by atoms with Gasteiger partial charge in [-0.05, 0) is 19.3 Å². The summed E-state index contributed by atoms with van der Waals surface area (Å²) in [6.45, 7) is 5.97. The summed E-state index contributed by atoms with van der Waals surface area (Å²) >= 11 is 0. The third-order valence-corrected chi connectivity index (χ3v) is 2.57. The molecule has 0 bridgehead atoms. The van der Waals surface area contributed by atoms with Gasteiger partial charge in [0.15, 0.2) is 0 Å². The van der Waals surface area contributed by atoms with Gasteiger partial charge in [0.2, 0.25) is 0 Å². The van der Waals surface area contributed by atoms with E-state index in [1.54, 1.807) is 0 Å². The number of aliphatic carboxylic acids is 1. The fourth-order valence-electron chi connectivity index (χ4n) is 1.78. The zero-order valence-corrected chi connectivity index (χ0v) is 10.1. The third-order valence-electron chi connectivity index (χ3n) is 2.57. The molecule has 0 aromatic heterocycles. The minimum atomic E-state index is -0.867. The first kappa shape index (κ1) is 15.7. The number of carboxylic acids is 1. The van der Waals surface area contributed by atoms with Crippen molar-refractivity contribution in [2.24, 2.45) is 5.41 Å². The molecule has 82 valence electrons. The van der Waals surface area contributed by atoms with E-state index in [1.165, 1.54) is 0 Å². The average Bonchev–Trinajstić information content (AvgIpc) is 2.03. The van der Waals surface area contributed by atoms with Crippen LogP contribution >= 0.6 is 0 Å². The van der Waals surface area contributed by atoms with E-state index in [1.807, 2.05) is 20.8 Å². The maximum atomic E-state index is 10.9. The monoisotopic (exact) mass is 278 g/mol. The van der Waals surface area contributed by atoms with Gasteiger partial charge in [-0.2, -0.15) is 0 Å². The van der Waals surface area contributed by atoms with Gasteiger partial charge in [-0.1, -0.05) is 33.6 Å². The van der Waals surface area contributed by atoms with Crippen molar-refractivity contribution < 1.29 is 32.3 Å². The Morgan fingerprint density at radius 1 is 1.15 bits per heavy atom. The van der Waals surface area contributed by atoms with Crippen molar-refractivity contribution in [3.05, 3.63) is 0 Å². The van der Waals surface area contributed by atoms with Gasteiger partial charge >= 0.3 is 22.4 Å². The molecule has 0 aliphatic carbocycles. The molecule has 0 heterocycles. The SMILES string of the molecule is CCCC(CC)(CCC)C(=O)[O-].[Ag+]. The molecule has 0 fully saturated rings. The molecule has 0 aromatic carbocycles. The molecule has 0 N–H and O–H groups in total. The second kappa shape index (κ2) is 7.60. The van der Waals surface area contributed by atoms with E-state index in [4.69, 9.17) is 0 Å². The van der Waals surface area contributed by atoms with Gasteiger partial charge in [0, 0.05) is 11.4 Å². The summed E-state index contributed by atoms with van der Waals surface area (Å²) in [5, 5.41) is 10.9. The molecule has 0 amide bonds. The Kier molecular flexibility index (Phi) is 9.16. The molecule has 13 heavy (non-hydrogen) atoms. The second-order valence-electron chi connectivity index (χ2n) is 3.42. The van der Waals surface area contributed by atoms with E-state index < -0.39 is 11.4 Å². The minimum absolute atomic E-state index is 0. The van der Waals surface area contributed by atoms with E-state index in [9.17, 15) is 9.90 Å². The minimum Gasteiger partial charge on any atom is -0.550 e. The summed E-state index contributed by atoms with van der Waals surface area (Å²) < 4.78 is 0. The molecule has 0 atom stereocenters. The van der Waals surface area contributed by atoms with Gasteiger partial charge in [-0.25, -0.2) is 0 Å². The molecule has 0 rings (SSSR count). The molecule has 0 unspecified atom stereocenters. The van der Waals surface area contributed by atoms with Crippen molar-refractivity contribution in [2.75, 3.05) is 0 Å². The van der Waals surface area contributed by atoms with Gasteiger partial charge in [0.1, 0.15) is 0 Å². The smallest absolute Gasteiger partial charge is 0.550 e. The molecular weight excluding hydrogens is 260 g/mol. The molecule has 0 aliphatic rings. The molecular formula is C10H19AgO2. The van der Waals surface area contributed by atoms with E-state index in [2.05, 4.69) is 0 Å². The van der Waals surface area contributed by atoms with Crippen molar-refractivity contribution in [3.63, 3.8) is 0 Å². The Morgan fingerprint density at radius 2 is 1.54 bits per heavy atom. The maximum Gasteiger partial charge on any atom is 1.00 e. The normalized spacial score (nSPS) is 10.7. The molecule has 0 radical (unpaired) electrons. The molecule has 2 nitrogen and oxygen atoms in total. The van der Waals surface area contributed by atoms with Crippen LogP contribution in [0.3, 0.4) is 0 Å². The Morgan fingerprint density at radius 3 is 1.69 bits per heavy atom. The zero-order valence-electron chi connectivity index (χ0n) is 8.65. The van der Waals surface area contributed by atoms with Gasteiger partial charge < -0.3 is 9.90 Å². The summed E-state index contributed by atoms with van der Waals surface area (Å²) in [7, 11) is 0. The van der Waals surface area contributed by atoms with E-state index in [0.717, 1.165) is 25.7 Å². The number of hydrogen-bond acceptors (Lipinski definition) is 2. The van der Waals surface area contributed by atoms with Crippen molar-refractivity contribution in [1.82, 2.24) is 0 Å². The second-order valence-corrected chi connectivity index (χ2v) is 3.42. The van der Waals surface area contributed by atoms with Crippen LogP contribution in [0, 0.1) is 5.41 Å². The van der Waals surface area contributed by atoms with Gasteiger partial charge in [-0.15, -0.1) is 0 Å². The third kappa shape index (κ3) is 4.30. The zero-order chi connectivity index (χ0) is 9.61. The quantitative estimate of drug-likeness (QED) is 0.695. The number of carboxylic acid groups (broad SMARTS) is 1. The van der Waals surface area contributed by atoms with E-state index in [0.29, 0.717) is 6.42 Å². The first-order valence-electron chi connectivity index (χ1n) is 4.84. The Bertz CT molecular complexity index is 140. The number of carbonyl (C=O) groups is 1. The molecule has 0 saturated heterocycles. The fraction of sp³-hybridized carbons (Fsp3) is 0.900. The summed E-state index contributed by atoms with van der Waals surface area (Å²) in [5.74, 6) is -0.867. The summed E-state index contributed by atoms with van der Waals surface area (Å²) in [6.07, 6.45) is 4.03. The number of carbonyl (C=O) groups excluding carboxylic acids is 1. The van der Waals surface area contributed by atoms with Crippen LogP contribution in [0.1, 0.15) is 52.9 Å². The van der Waals surface area contributed by atoms with E-state index >= 15 is 0 Å². The molecule has 0 aromatic rings. The van der Waals surface area contributed by atoms with Crippen LogP contribution in [0.2, 0.25) is 0 Å². The molecule has 3 heteroatoms. The van der Waals surface area contributed by atoms with Crippen LogP contribution < -0.4 is 5.11 Å². The Balaban J connectivity index is 0. The van der Waals surface area contributed by atoms with Gasteiger partial charge in [-0.3, -0.25) is 0 Å². The molecule has 0 aliphatic heterocycles. The summed E-state index contributed by atoms with van der Waals surface area (Å²) in [4.78, 5) is 10.9. The predicted molar refractivity (Wildman–Crippen MR) is 47.5 cm³/mol. The van der Waals surface area contributed by atoms with Gasteiger partial charge in [0.25, 0.3) is 0 Å². The van der Waals surface area contributed by atoms with Crippen LogP contribution in [0.4, 0.5) is 0 Å². The average molecular weight is 279 g/mol. The Hall–Kier alpha value is 0.210. The maximum absolute atomic E-state index is 10.9. The molecule has 0 spiro atoms. The fourth-order valence-corrected chi connectivity index (χ4v) is 1.78. The van der Waals surface area contributed by atoms with Crippen LogP contribution in [0.15, 0.2) is 0 Å². The van der Waals surface area contributed by atoms with Crippen molar-refractivity contribution in [3.8, 4) is 0 Å². The van der Waals surface area contributed by atoms with Crippen LogP contribution in [0.25, 0.3) is 0 Å². The van der Waals surface area contributed by atoms with Crippen molar-refractivity contribution >= 4 is 5.97 Å². The number of hydrogen-bond donors (Lipinski definition) is 0. The van der Waals surface area contributed by atoms with Crippen molar-refractivity contribution in [2.45, 2.75) is 52.9 Å². The topological polar surface area (TPSA) is 40.1 Å².